The van der Waals surface area contributed by atoms with Gasteiger partial charge >= 0.3 is 0 Å². The molecule has 0 spiro atoms. The fraction of sp³-hybridized carbons (Fsp3) is 0.933. The molecule has 1 heterocycles. The number of aliphatic imine (C=N–C) groups is 1. The Morgan fingerprint density at radius 1 is 1.09 bits per heavy atom. The van der Waals surface area contributed by atoms with Crippen LogP contribution < -0.4 is 10.6 Å². The molecule has 1 fully saturated rings. The van der Waals surface area contributed by atoms with Crippen molar-refractivity contribution in [1.82, 2.24) is 15.5 Å². The molecule has 6 nitrogen and oxygen atoms in total. The molecule has 0 amide bonds. The van der Waals surface area contributed by atoms with Crippen molar-refractivity contribution in [2.24, 2.45) is 4.99 Å². The monoisotopic (exact) mass is 460 g/mol. The van der Waals surface area contributed by atoms with Crippen molar-refractivity contribution in [3.05, 3.63) is 0 Å². The number of sulfone groups is 1. The smallest absolute Gasteiger partial charge is 0.191 e. The number of guanidine groups is 1. The number of piperidine rings is 1. The highest BCUT2D eigenvalue weighted by Gasteiger charge is 2.28. The summed E-state index contributed by atoms with van der Waals surface area (Å²) in [7, 11) is -1.39. The Kier molecular flexibility index (Phi) is 10.7. The van der Waals surface area contributed by atoms with Crippen molar-refractivity contribution in [1.29, 1.82) is 0 Å². The molecule has 0 aromatic rings. The van der Waals surface area contributed by atoms with Gasteiger partial charge in [0.25, 0.3) is 0 Å². The fourth-order valence-electron chi connectivity index (χ4n) is 2.35. The van der Waals surface area contributed by atoms with Gasteiger partial charge in [0, 0.05) is 26.7 Å². The molecular weight excluding hydrogens is 427 g/mol. The fourth-order valence-corrected chi connectivity index (χ4v) is 3.33. The van der Waals surface area contributed by atoms with Gasteiger partial charge in [-0.05, 0) is 46.7 Å². The van der Waals surface area contributed by atoms with Gasteiger partial charge in [-0.25, -0.2) is 8.42 Å². The van der Waals surface area contributed by atoms with E-state index in [1.54, 1.807) is 27.8 Å². The van der Waals surface area contributed by atoms with Crippen molar-refractivity contribution in [3.8, 4) is 0 Å². The average molecular weight is 460 g/mol. The molecule has 0 aromatic heterocycles. The van der Waals surface area contributed by atoms with E-state index >= 15 is 0 Å². The third-order valence-electron chi connectivity index (χ3n) is 3.99. The zero-order chi connectivity index (χ0) is 16.6. The van der Waals surface area contributed by atoms with Gasteiger partial charge in [0.05, 0.1) is 10.5 Å². The van der Waals surface area contributed by atoms with Gasteiger partial charge in [0.15, 0.2) is 15.8 Å². The average Bonchev–Trinajstić information content (AvgIpc) is 2.45. The molecule has 8 heteroatoms. The standard InChI is InChI=1S/C15H32N4O2S.HI/c1-15(2,3)22(20,21)13-9-18-14(16-4)17-8-12-19-10-6-5-7-11-19;/h5-13H2,1-4H3,(H2,16,17,18);1H. The summed E-state index contributed by atoms with van der Waals surface area (Å²) in [6, 6.07) is 0. The summed E-state index contributed by atoms with van der Waals surface area (Å²) in [5.41, 5.74) is 0. The number of hydrogen-bond donors (Lipinski definition) is 2. The van der Waals surface area contributed by atoms with E-state index in [2.05, 4.69) is 20.5 Å². The van der Waals surface area contributed by atoms with Crippen molar-refractivity contribution < 1.29 is 8.42 Å². The lowest BCUT2D eigenvalue weighted by Gasteiger charge is -2.26. The van der Waals surface area contributed by atoms with Gasteiger partial charge in [0.2, 0.25) is 0 Å². The zero-order valence-corrected chi connectivity index (χ0v) is 18.0. The number of likely N-dealkylation sites (tertiary alicyclic amines) is 1. The van der Waals surface area contributed by atoms with Crippen molar-refractivity contribution in [2.75, 3.05) is 45.5 Å². The van der Waals surface area contributed by atoms with Crippen LogP contribution in [0.2, 0.25) is 0 Å². The van der Waals surface area contributed by atoms with E-state index in [4.69, 9.17) is 0 Å². The van der Waals surface area contributed by atoms with E-state index in [9.17, 15) is 8.42 Å². The molecule has 1 rings (SSSR count). The summed E-state index contributed by atoms with van der Waals surface area (Å²) in [5, 5.41) is 6.32. The Hall–Kier alpha value is -0.0900. The topological polar surface area (TPSA) is 73.8 Å². The Balaban J connectivity index is 0.00000484. The SMILES string of the molecule is CN=C(NCCN1CCCCC1)NCCS(=O)(=O)C(C)(C)C.I. The van der Waals surface area contributed by atoms with Gasteiger partial charge in [-0.3, -0.25) is 4.99 Å². The number of rotatable bonds is 6. The molecule has 0 aliphatic carbocycles. The van der Waals surface area contributed by atoms with Crippen LogP contribution in [-0.4, -0.2) is 69.5 Å². The second-order valence-electron chi connectivity index (χ2n) is 6.76. The predicted octanol–water partition coefficient (Wildman–Crippen LogP) is 1.47. The third-order valence-corrected chi connectivity index (χ3v) is 6.60. The Bertz CT molecular complexity index is 455. The van der Waals surface area contributed by atoms with Crippen molar-refractivity contribution in [2.45, 2.75) is 44.8 Å². The lowest BCUT2D eigenvalue weighted by atomic mass is 10.1. The molecular formula is C15H33IN4O2S. The molecule has 0 aromatic carbocycles. The molecule has 1 saturated heterocycles. The van der Waals surface area contributed by atoms with Gasteiger partial charge < -0.3 is 15.5 Å². The molecule has 0 bridgehead atoms. The normalized spacial score (nSPS) is 17.5. The molecule has 0 unspecified atom stereocenters. The zero-order valence-electron chi connectivity index (χ0n) is 14.9. The second kappa shape index (κ2) is 10.7. The maximum Gasteiger partial charge on any atom is 0.191 e. The first-order valence-electron chi connectivity index (χ1n) is 8.15. The minimum atomic E-state index is -3.09. The molecule has 1 aliphatic rings. The van der Waals surface area contributed by atoms with E-state index in [1.165, 1.54) is 32.4 Å². The van der Waals surface area contributed by atoms with Crippen molar-refractivity contribution in [3.63, 3.8) is 0 Å². The Labute approximate surface area is 158 Å². The van der Waals surface area contributed by atoms with Crippen LogP contribution in [0.15, 0.2) is 4.99 Å². The third kappa shape index (κ3) is 8.53. The van der Waals surface area contributed by atoms with Crippen LogP contribution in [0, 0.1) is 0 Å². The Morgan fingerprint density at radius 3 is 2.17 bits per heavy atom. The molecule has 0 saturated carbocycles. The molecule has 138 valence electrons. The van der Waals surface area contributed by atoms with Crippen LogP contribution in [0.1, 0.15) is 40.0 Å². The van der Waals surface area contributed by atoms with E-state index in [1.807, 2.05) is 0 Å². The van der Waals surface area contributed by atoms with E-state index in [-0.39, 0.29) is 29.7 Å². The number of nitrogens with one attached hydrogen (secondary N) is 2. The Morgan fingerprint density at radius 2 is 1.65 bits per heavy atom. The summed E-state index contributed by atoms with van der Waals surface area (Å²) in [6.07, 6.45) is 3.92. The van der Waals surface area contributed by atoms with Crippen molar-refractivity contribution >= 4 is 39.8 Å². The van der Waals surface area contributed by atoms with Crippen LogP contribution in [0.3, 0.4) is 0 Å². The summed E-state index contributed by atoms with van der Waals surface area (Å²) >= 11 is 0. The summed E-state index contributed by atoms with van der Waals surface area (Å²) < 4.78 is 23.4. The quantitative estimate of drug-likeness (QED) is 0.357. The first-order valence-corrected chi connectivity index (χ1v) is 9.81. The minimum absolute atomic E-state index is 0. The summed E-state index contributed by atoms with van der Waals surface area (Å²) in [5.74, 6) is 0.782. The van der Waals surface area contributed by atoms with Crippen LogP contribution in [0.4, 0.5) is 0 Å². The first-order chi connectivity index (χ1) is 10.3. The number of nitrogens with zero attached hydrogens (tertiary/aromatic N) is 2. The van der Waals surface area contributed by atoms with Gasteiger partial charge in [-0.2, -0.15) is 0 Å². The maximum atomic E-state index is 12.0. The summed E-state index contributed by atoms with van der Waals surface area (Å²) in [6.45, 7) is 9.75. The van der Waals surface area contributed by atoms with E-state index < -0.39 is 14.6 Å². The largest absolute Gasteiger partial charge is 0.355 e. The van der Waals surface area contributed by atoms with Crippen LogP contribution >= 0.6 is 24.0 Å². The molecule has 1 aliphatic heterocycles. The second-order valence-corrected chi connectivity index (χ2v) is 9.62. The van der Waals surface area contributed by atoms with Crippen LogP contribution in [0.5, 0.6) is 0 Å². The first kappa shape index (κ1) is 22.9. The lowest BCUT2D eigenvalue weighted by Crippen LogP contribution is -2.44. The van der Waals surface area contributed by atoms with Gasteiger partial charge in [-0.1, -0.05) is 6.42 Å². The predicted molar refractivity (Wildman–Crippen MR) is 109 cm³/mol. The maximum absolute atomic E-state index is 12.0. The van der Waals surface area contributed by atoms with Crippen LogP contribution in [-0.2, 0) is 9.84 Å². The number of hydrogen-bond acceptors (Lipinski definition) is 4. The van der Waals surface area contributed by atoms with Crippen LogP contribution in [0.25, 0.3) is 0 Å². The van der Waals surface area contributed by atoms with Gasteiger partial charge in [-0.15, -0.1) is 24.0 Å². The van der Waals surface area contributed by atoms with E-state index in [0.29, 0.717) is 12.5 Å². The summed E-state index contributed by atoms with van der Waals surface area (Å²) in [4.78, 5) is 6.59. The molecule has 2 N–H and O–H groups in total. The highest BCUT2D eigenvalue weighted by molar-refractivity contribution is 14.0. The molecule has 23 heavy (non-hydrogen) atoms. The highest BCUT2D eigenvalue weighted by Crippen LogP contribution is 2.15. The minimum Gasteiger partial charge on any atom is -0.355 e. The van der Waals surface area contributed by atoms with E-state index in [0.717, 1.165) is 13.1 Å². The molecule has 0 atom stereocenters. The lowest BCUT2D eigenvalue weighted by molar-refractivity contribution is 0.232. The van der Waals surface area contributed by atoms with Gasteiger partial charge in [0.1, 0.15) is 0 Å². The highest BCUT2D eigenvalue weighted by atomic mass is 127. The number of halogens is 1. The molecule has 0 radical (unpaired) electrons.